The molecule has 2 aromatic heterocycles. The zero-order chi connectivity index (χ0) is 20.1. The van der Waals surface area contributed by atoms with Crippen molar-refractivity contribution in [1.29, 1.82) is 0 Å². The van der Waals surface area contributed by atoms with Crippen LogP contribution in [0.1, 0.15) is 62.9 Å². The quantitative estimate of drug-likeness (QED) is 0.788. The number of hydrazine groups is 1. The molecule has 2 aliphatic rings. The molecule has 0 bridgehead atoms. The van der Waals surface area contributed by atoms with Crippen LogP contribution in [-0.4, -0.2) is 43.2 Å². The van der Waals surface area contributed by atoms with E-state index >= 15 is 0 Å². The van der Waals surface area contributed by atoms with Gasteiger partial charge in [-0.3, -0.25) is 15.0 Å². The fourth-order valence-corrected chi connectivity index (χ4v) is 3.92. The number of fused-ring (bicyclic) bond motifs is 1. The highest BCUT2D eigenvalue weighted by Gasteiger charge is 2.52. The Morgan fingerprint density at radius 1 is 1.29 bits per heavy atom. The number of urea groups is 1. The lowest BCUT2D eigenvalue weighted by Gasteiger charge is -2.33. The second kappa shape index (κ2) is 6.57. The van der Waals surface area contributed by atoms with Crippen LogP contribution in [-0.2, 0) is 4.79 Å². The van der Waals surface area contributed by atoms with Gasteiger partial charge in [-0.2, -0.15) is 10.1 Å². The minimum atomic E-state index is -0.891. The number of aromatic nitrogens is 3. The van der Waals surface area contributed by atoms with Gasteiger partial charge in [0.15, 0.2) is 5.65 Å². The molecule has 2 aromatic rings. The van der Waals surface area contributed by atoms with E-state index in [9.17, 15) is 14.4 Å². The molecule has 1 saturated heterocycles. The lowest BCUT2D eigenvalue weighted by atomic mass is 9.77. The molecular weight excluding hydrogens is 360 g/mol. The molecule has 1 saturated carbocycles. The fraction of sp³-hybridized carbons (Fsp3) is 0.526. The number of carbonyl (C=O) groups is 3. The van der Waals surface area contributed by atoms with Gasteiger partial charge in [-0.05, 0) is 51.5 Å². The van der Waals surface area contributed by atoms with Crippen LogP contribution >= 0.6 is 0 Å². The number of hydrogen-bond acceptors (Lipinski definition) is 5. The average molecular weight is 384 g/mol. The highest BCUT2D eigenvalue weighted by atomic mass is 16.2. The van der Waals surface area contributed by atoms with Gasteiger partial charge in [-0.25, -0.2) is 14.5 Å². The van der Waals surface area contributed by atoms with E-state index in [-0.39, 0.29) is 17.5 Å². The lowest BCUT2D eigenvalue weighted by Crippen LogP contribution is -2.51. The van der Waals surface area contributed by atoms with E-state index in [1.165, 1.54) is 6.20 Å². The van der Waals surface area contributed by atoms with Crippen LogP contribution in [0.4, 0.5) is 4.79 Å². The average Bonchev–Trinajstić information content (AvgIpc) is 3.19. The molecule has 1 spiro atoms. The first-order valence-electron chi connectivity index (χ1n) is 9.62. The SMILES string of the molecule is CC1CCC2(CC1)NC(=O)N(NC(=O)c1cnc3c(cnn3C(C)C)c1)C2=O. The summed E-state index contributed by atoms with van der Waals surface area (Å²) in [6, 6.07) is 1.21. The third kappa shape index (κ3) is 2.90. The molecule has 3 heterocycles. The molecule has 1 aliphatic heterocycles. The summed E-state index contributed by atoms with van der Waals surface area (Å²) in [7, 11) is 0. The molecular formula is C19H24N6O3. The van der Waals surface area contributed by atoms with Crippen molar-refractivity contribution in [3.8, 4) is 0 Å². The first-order valence-corrected chi connectivity index (χ1v) is 9.62. The normalized spacial score (nSPS) is 25.0. The molecule has 0 radical (unpaired) electrons. The molecule has 0 aromatic carbocycles. The molecule has 2 fully saturated rings. The number of pyridine rings is 1. The zero-order valence-corrected chi connectivity index (χ0v) is 16.2. The predicted molar refractivity (Wildman–Crippen MR) is 101 cm³/mol. The van der Waals surface area contributed by atoms with E-state index < -0.39 is 17.5 Å². The maximum atomic E-state index is 12.9. The van der Waals surface area contributed by atoms with Gasteiger partial charge in [-0.15, -0.1) is 0 Å². The number of nitrogens with one attached hydrogen (secondary N) is 2. The van der Waals surface area contributed by atoms with Crippen molar-refractivity contribution in [1.82, 2.24) is 30.5 Å². The van der Waals surface area contributed by atoms with Gasteiger partial charge >= 0.3 is 6.03 Å². The van der Waals surface area contributed by atoms with Gasteiger partial charge in [0.25, 0.3) is 11.8 Å². The van der Waals surface area contributed by atoms with E-state index in [0.29, 0.717) is 24.4 Å². The summed E-state index contributed by atoms with van der Waals surface area (Å²) in [5, 5.41) is 8.59. The minimum Gasteiger partial charge on any atom is -0.322 e. The summed E-state index contributed by atoms with van der Waals surface area (Å²) >= 11 is 0. The number of nitrogens with zero attached hydrogens (tertiary/aromatic N) is 4. The van der Waals surface area contributed by atoms with E-state index in [0.717, 1.165) is 23.2 Å². The summed E-state index contributed by atoms with van der Waals surface area (Å²) < 4.78 is 1.77. The smallest absolute Gasteiger partial charge is 0.322 e. The zero-order valence-electron chi connectivity index (χ0n) is 16.2. The van der Waals surface area contributed by atoms with Crippen LogP contribution in [0.15, 0.2) is 18.5 Å². The van der Waals surface area contributed by atoms with Crippen molar-refractivity contribution < 1.29 is 14.4 Å². The number of rotatable bonds is 3. The van der Waals surface area contributed by atoms with E-state index in [1.54, 1.807) is 16.9 Å². The van der Waals surface area contributed by atoms with Crippen LogP contribution in [0.2, 0.25) is 0 Å². The molecule has 0 unspecified atom stereocenters. The van der Waals surface area contributed by atoms with Gasteiger partial charge in [-0.1, -0.05) is 6.92 Å². The fourth-order valence-electron chi connectivity index (χ4n) is 3.92. The highest BCUT2D eigenvalue weighted by Crippen LogP contribution is 2.35. The molecule has 28 heavy (non-hydrogen) atoms. The molecule has 4 rings (SSSR count). The summed E-state index contributed by atoms with van der Waals surface area (Å²) in [5.41, 5.74) is 2.48. The first-order chi connectivity index (χ1) is 13.3. The monoisotopic (exact) mass is 384 g/mol. The number of amides is 4. The molecule has 9 nitrogen and oxygen atoms in total. The van der Waals surface area contributed by atoms with Crippen molar-refractivity contribution in [3.63, 3.8) is 0 Å². The Hall–Kier alpha value is -2.97. The van der Waals surface area contributed by atoms with Crippen molar-refractivity contribution in [3.05, 3.63) is 24.0 Å². The number of imide groups is 1. The molecule has 0 atom stereocenters. The number of hydrogen-bond donors (Lipinski definition) is 2. The largest absolute Gasteiger partial charge is 0.344 e. The van der Waals surface area contributed by atoms with Crippen molar-refractivity contribution in [2.24, 2.45) is 5.92 Å². The lowest BCUT2D eigenvalue weighted by molar-refractivity contribution is -0.134. The first kappa shape index (κ1) is 18.4. The Bertz CT molecular complexity index is 958. The van der Waals surface area contributed by atoms with Crippen molar-refractivity contribution in [2.45, 2.75) is 58.0 Å². The second-order valence-corrected chi connectivity index (χ2v) is 8.10. The van der Waals surface area contributed by atoms with Crippen LogP contribution in [0.3, 0.4) is 0 Å². The molecule has 1 aliphatic carbocycles. The van der Waals surface area contributed by atoms with Gasteiger partial charge in [0, 0.05) is 17.6 Å². The summed E-state index contributed by atoms with van der Waals surface area (Å²) in [6.45, 7) is 6.13. The highest BCUT2D eigenvalue weighted by molar-refractivity contribution is 6.09. The molecule has 4 amide bonds. The van der Waals surface area contributed by atoms with E-state index in [4.69, 9.17) is 0 Å². The van der Waals surface area contributed by atoms with Crippen LogP contribution in [0.25, 0.3) is 11.0 Å². The summed E-state index contributed by atoms with van der Waals surface area (Å²) in [6.07, 6.45) is 5.99. The Kier molecular flexibility index (Phi) is 4.32. The topological polar surface area (TPSA) is 109 Å². The van der Waals surface area contributed by atoms with Crippen LogP contribution in [0, 0.1) is 5.92 Å². The molecule has 9 heteroatoms. The third-order valence-electron chi connectivity index (χ3n) is 5.69. The molecule has 2 N–H and O–H groups in total. The van der Waals surface area contributed by atoms with Gasteiger partial charge < -0.3 is 5.32 Å². The summed E-state index contributed by atoms with van der Waals surface area (Å²) in [4.78, 5) is 42.2. The van der Waals surface area contributed by atoms with Crippen LogP contribution < -0.4 is 10.7 Å². The van der Waals surface area contributed by atoms with E-state index in [1.807, 2.05) is 13.8 Å². The summed E-state index contributed by atoms with van der Waals surface area (Å²) in [5.74, 6) is -0.417. The number of carbonyl (C=O) groups excluding carboxylic acids is 3. The third-order valence-corrected chi connectivity index (χ3v) is 5.69. The van der Waals surface area contributed by atoms with Gasteiger partial charge in [0.2, 0.25) is 0 Å². The minimum absolute atomic E-state index is 0.144. The maximum Gasteiger partial charge on any atom is 0.344 e. The van der Waals surface area contributed by atoms with E-state index in [2.05, 4.69) is 27.7 Å². The second-order valence-electron chi connectivity index (χ2n) is 8.10. The Labute approximate surface area is 162 Å². The Morgan fingerprint density at radius 2 is 2.00 bits per heavy atom. The van der Waals surface area contributed by atoms with Crippen molar-refractivity contribution >= 4 is 28.9 Å². The van der Waals surface area contributed by atoms with Gasteiger partial charge in [0.05, 0.1) is 11.8 Å². The Morgan fingerprint density at radius 3 is 2.68 bits per heavy atom. The maximum absolute atomic E-state index is 12.9. The molecule has 148 valence electrons. The Balaban J connectivity index is 1.53. The van der Waals surface area contributed by atoms with Gasteiger partial charge in [0.1, 0.15) is 5.54 Å². The van der Waals surface area contributed by atoms with Crippen molar-refractivity contribution in [2.75, 3.05) is 0 Å². The standard InChI is InChI=1S/C19H24N6O3/c1-11(2)24-15-13(10-21-24)8-14(9-20-15)16(26)23-25-17(27)19(22-18(25)28)6-4-12(3)5-7-19/h8-12H,4-7H2,1-3H3,(H,22,28)(H,23,26). The predicted octanol–water partition coefficient (Wildman–Crippen LogP) is 2.16. The van der Waals surface area contributed by atoms with Crippen LogP contribution in [0.5, 0.6) is 0 Å².